The van der Waals surface area contributed by atoms with Crippen molar-refractivity contribution in [3.63, 3.8) is 0 Å². The standard InChI is InChI=1S/C16H16N2O2/c1-2-9-19-15-5-3-4-6-16(15)20-13-8-7-12(11-17)14(18)10-13/h3-8,10H,2,9,18H2,1H3. The number of para-hydroxylation sites is 2. The molecule has 0 aliphatic heterocycles. The van der Waals surface area contributed by atoms with E-state index in [1.165, 1.54) is 0 Å². The number of rotatable bonds is 5. The second kappa shape index (κ2) is 6.48. The Bertz CT molecular complexity index is 633. The first kappa shape index (κ1) is 13.8. The third kappa shape index (κ3) is 3.21. The van der Waals surface area contributed by atoms with Crippen LogP contribution in [-0.2, 0) is 0 Å². The summed E-state index contributed by atoms with van der Waals surface area (Å²) in [6.07, 6.45) is 0.929. The van der Waals surface area contributed by atoms with Crippen LogP contribution in [0.2, 0.25) is 0 Å². The number of ether oxygens (including phenoxy) is 2. The lowest BCUT2D eigenvalue weighted by Gasteiger charge is -2.12. The van der Waals surface area contributed by atoms with Gasteiger partial charge in [-0.15, -0.1) is 0 Å². The Morgan fingerprint density at radius 1 is 1.15 bits per heavy atom. The molecule has 0 unspecified atom stereocenters. The monoisotopic (exact) mass is 268 g/mol. The van der Waals surface area contributed by atoms with Gasteiger partial charge in [0.25, 0.3) is 0 Å². The Balaban J connectivity index is 2.22. The fourth-order valence-electron chi connectivity index (χ4n) is 1.70. The van der Waals surface area contributed by atoms with Crippen molar-refractivity contribution in [2.45, 2.75) is 13.3 Å². The molecule has 0 atom stereocenters. The van der Waals surface area contributed by atoms with E-state index in [0.29, 0.717) is 35.1 Å². The Morgan fingerprint density at radius 3 is 2.55 bits per heavy atom. The molecule has 2 aromatic carbocycles. The van der Waals surface area contributed by atoms with Gasteiger partial charge in [-0.05, 0) is 30.7 Å². The van der Waals surface area contributed by atoms with E-state index in [4.69, 9.17) is 20.5 Å². The van der Waals surface area contributed by atoms with Crippen molar-refractivity contribution in [1.29, 1.82) is 5.26 Å². The Hall–Kier alpha value is -2.67. The van der Waals surface area contributed by atoms with Gasteiger partial charge in [0.2, 0.25) is 0 Å². The quantitative estimate of drug-likeness (QED) is 0.839. The summed E-state index contributed by atoms with van der Waals surface area (Å²) in [6.45, 7) is 2.68. The van der Waals surface area contributed by atoms with Gasteiger partial charge >= 0.3 is 0 Å². The van der Waals surface area contributed by atoms with Crippen LogP contribution in [0.25, 0.3) is 0 Å². The minimum atomic E-state index is 0.400. The van der Waals surface area contributed by atoms with E-state index in [1.807, 2.05) is 37.3 Å². The first-order valence-electron chi connectivity index (χ1n) is 6.44. The van der Waals surface area contributed by atoms with Gasteiger partial charge in [0, 0.05) is 6.07 Å². The molecule has 4 nitrogen and oxygen atoms in total. The molecule has 2 aromatic rings. The van der Waals surface area contributed by atoms with Gasteiger partial charge < -0.3 is 15.2 Å². The highest BCUT2D eigenvalue weighted by Crippen LogP contribution is 2.32. The molecule has 4 heteroatoms. The number of anilines is 1. The Kier molecular flexibility index (Phi) is 4.46. The fourth-order valence-corrected chi connectivity index (χ4v) is 1.70. The topological polar surface area (TPSA) is 68.3 Å². The van der Waals surface area contributed by atoms with Crippen molar-refractivity contribution in [3.8, 4) is 23.3 Å². The lowest BCUT2D eigenvalue weighted by atomic mass is 10.2. The predicted molar refractivity (Wildman–Crippen MR) is 77.9 cm³/mol. The Labute approximate surface area is 118 Å². The maximum absolute atomic E-state index is 8.85. The van der Waals surface area contributed by atoms with Gasteiger partial charge in [0.15, 0.2) is 11.5 Å². The zero-order valence-electron chi connectivity index (χ0n) is 11.3. The number of nitrogen functional groups attached to an aromatic ring is 1. The van der Waals surface area contributed by atoms with Crippen LogP contribution < -0.4 is 15.2 Å². The van der Waals surface area contributed by atoms with Crippen LogP contribution in [0.3, 0.4) is 0 Å². The van der Waals surface area contributed by atoms with Crippen molar-refractivity contribution in [3.05, 3.63) is 48.0 Å². The molecule has 0 aromatic heterocycles. The largest absolute Gasteiger partial charge is 0.490 e. The molecule has 0 aliphatic carbocycles. The molecule has 0 saturated heterocycles. The molecule has 2 N–H and O–H groups in total. The van der Waals surface area contributed by atoms with Crippen molar-refractivity contribution in [2.75, 3.05) is 12.3 Å². The van der Waals surface area contributed by atoms with E-state index in [-0.39, 0.29) is 0 Å². The van der Waals surface area contributed by atoms with Gasteiger partial charge in [-0.2, -0.15) is 5.26 Å². The minimum absolute atomic E-state index is 0.400. The summed E-state index contributed by atoms with van der Waals surface area (Å²) in [6, 6.07) is 14.5. The molecule has 102 valence electrons. The second-order valence-electron chi connectivity index (χ2n) is 4.26. The van der Waals surface area contributed by atoms with Gasteiger partial charge in [-0.1, -0.05) is 19.1 Å². The van der Waals surface area contributed by atoms with E-state index < -0.39 is 0 Å². The van der Waals surface area contributed by atoms with Crippen molar-refractivity contribution in [2.24, 2.45) is 0 Å². The van der Waals surface area contributed by atoms with Crippen LogP contribution in [0.1, 0.15) is 18.9 Å². The minimum Gasteiger partial charge on any atom is -0.490 e. The molecular weight excluding hydrogens is 252 g/mol. The summed E-state index contributed by atoms with van der Waals surface area (Å²) >= 11 is 0. The first-order chi connectivity index (χ1) is 9.74. The van der Waals surface area contributed by atoms with E-state index in [0.717, 1.165) is 6.42 Å². The maximum atomic E-state index is 8.85. The summed E-state index contributed by atoms with van der Waals surface area (Å²) in [4.78, 5) is 0. The van der Waals surface area contributed by atoms with Gasteiger partial charge in [-0.25, -0.2) is 0 Å². The van der Waals surface area contributed by atoms with Crippen LogP contribution in [-0.4, -0.2) is 6.61 Å². The average molecular weight is 268 g/mol. The summed E-state index contributed by atoms with van der Waals surface area (Å²) in [5.41, 5.74) is 6.61. The molecule has 0 bridgehead atoms. The molecule has 0 radical (unpaired) electrons. The molecule has 0 heterocycles. The summed E-state index contributed by atoms with van der Waals surface area (Å²) in [7, 11) is 0. The first-order valence-corrected chi connectivity index (χ1v) is 6.44. The lowest BCUT2D eigenvalue weighted by Crippen LogP contribution is -1.97. The van der Waals surface area contributed by atoms with E-state index in [9.17, 15) is 0 Å². The van der Waals surface area contributed by atoms with E-state index in [2.05, 4.69) is 0 Å². The molecule has 0 fully saturated rings. The second-order valence-corrected chi connectivity index (χ2v) is 4.26. The number of nitrogens with zero attached hydrogens (tertiary/aromatic N) is 1. The maximum Gasteiger partial charge on any atom is 0.169 e. The number of nitriles is 1. The number of nitrogens with two attached hydrogens (primary N) is 1. The van der Waals surface area contributed by atoms with Crippen LogP contribution in [0.5, 0.6) is 17.2 Å². The lowest BCUT2D eigenvalue weighted by molar-refractivity contribution is 0.302. The highest BCUT2D eigenvalue weighted by molar-refractivity contribution is 5.58. The zero-order valence-corrected chi connectivity index (χ0v) is 11.3. The van der Waals surface area contributed by atoms with Crippen LogP contribution in [0.4, 0.5) is 5.69 Å². The predicted octanol–water partition coefficient (Wildman–Crippen LogP) is 3.72. The Morgan fingerprint density at radius 2 is 1.90 bits per heavy atom. The summed E-state index contributed by atoms with van der Waals surface area (Å²) in [5.74, 6) is 1.90. The smallest absolute Gasteiger partial charge is 0.169 e. The van der Waals surface area contributed by atoms with Crippen molar-refractivity contribution >= 4 is 5.69 Å². The zero-order chi connectivity index (χ0) is 14.4. The van der Waals surface area contributed by atoms with E-state index in [1.54, 1.807) is 18.2 Å². The van der Waals surface area contributed by atoms with Gasteiger partial charge in [0.05, 0.1) is 17.9 Å². The molecule has 20 heavy (non-hydrogen) atoms. The molecule has 2 rings (SSSR count). The number of hydrogen-bond acceptors (Lipinski definition) is 4. The van der Waals surface area contributed by atoms with Crippen LogP contribution in [0, 0.1) is 11.3 Å². The number of benzene rings is 2. The molecular formula is C16H16N2O2. The highest BCUT2D eigenvalue weighted by Gasteiger charge is 2.07. The van der Waals surface area contributed by atoms with E-state index >= 15 is 0 Å². The fraction of sp³-hybridized carbons (Fsp3) is 0.188. The van der Waals surface area contributed by atoms with Crippen molar-refractivity contribution in [1.82, 2.24) is 0 Å². The SMILES string of the molecule is CCCOc1ccccc1Oc1ccc(C#N)c(N)c1. The normalized spacial score (nSPS) is 9.80. The van der Waals surface area contributed by atoms with Gasteiger partial charge in [0.1, 0.15) is 11.8 Å². The summed E-state index contributed by atoms with van der Waals surface area (Å²) < 4.78 is 11.4. The molecule has 0 spiro atoms. The van der Waals surface area contributed by atoms with Crippen molar-refractivity contribution < 1.29 is 9.47 Å². The third-order valence-electron chi connectivity index (χ3n) is 2.68. The highest BCUT2D eigenvalue weighted by atomic mass is 16.5. The molecule has 0 aliphatic rings. The van der Waals surface area contributed by atoms with Gasteiger partial charge in [-0.3, -0.25) is 0 Å². The average Bonchev–Trinajstić information content (AvgIpc) is 2.46. The molecule has 0 amide bonds. The molecule has 0 saturated carbocycles. The number of hydrogen-bond donors (Lipinski definition) is 1. The summed E-state index contributed by atoms with van der Waals surface area (Å²) in [5, 5.41) is 8.85. The van der Waals surface area contributed by atoms with Crippen LogP contribution in [0.15, 0.2) is 42.5 Å². The van der Waals surface area contributed by atoms with Crippen LogP contribution >= 0.6 is 0 Å². The third-order valence-corrected chi connectivity index (χ3v) is 2.68.